The molecular weight excluding hydrogens is 508 g/mol. The summed E-state index contributed by atoms with van der Waals surface area (Å²) in [4.78, 5) is 26.5. The van der Waals surface area contributed by atoms with E-state index in [0.29, 0.717) is 18.3 Å². The van der Waals surface area contributed by atoms with Gasteiger partial charge in [0.05, 0.1) is 12.5 Å². The maximum atomic E-state index is 13.6. The van der Waals surface area contributed by atoms with Crippen molar-refractivity contribution in [3.05, 3.63) is 82.2 Å². The van der Waals surface area contributed by atoms with Crippen molar-refractivity contribution in [1.29, 1.82) is 0 Å². The summed E-state index contributed by atoms with van der Waals surface area (Å²) in [5, 5.41) is 0. The Kier molecular flexibility index (Phi) is 6.42. The van der Waals surface area contributed by atoms with Crippen molar-refractivity contribution in [2.45, 2.75) is 93.1 Å². The van der Waals surface area contributed by atoms with Crippen LogP contribution in [0.3, 0.4) is 0 Å². The van der Waals surface area contributed by atoms with Gasteiger partial charge in [-0.2, -0.15) is 0 Å². The lowest BCUT2D eigenvalue weighted by molar-refractivity contribution is -0.180. The maximum absolute atomic E-state index is 13.6. The van der Waals surface area contributed by atoms with Crippen LogP contribution in [0.4, 0.5) is 0 Å². The topological polar surface area (TPSA) is 52.6 Å². The van der Waals surface area contributed by atoms with Crippen LogP contribution in [0, 0.1) is 33.0 Å². The van der Waals surface area contributed by atoms with Crippen LogP contribution in [0.1, 0.15) is 92.1 Å². The van der Waals surface area contributed by atoms with E-state index in [1.54, 1.807) is 0 Å². The van der Waals surface area contributed by atoms with Gasteiger partial charge in [-0.25, -0.2) is 0 Å². The summed E-state index contributed by atoms with van der Waals surface area (Å²) in [5.41, 5.74) is 5.40. The second kappa shape index (κ2) is 9.31. The minimum absolute atomic E-state index is 0.0217. The fraction of sp³-hybridized carbons (Fsp3) is 0.568. The van der Waals surface area contributed by atoms with Gasteiger partial charge in [0.15, 0.2) is 5.76 Å². The number of benzene rings is 1. The monoisotopic (exact) mass is 554 g/mol. The highest BCUT2D eigenvalue weighted by Gasteiger charge is 2.67. The first-order valence-corrected chi connectivity index (χ1v) is 15.5. The van der Waals surface area contributed by atoms with Gasteiger partial charge < -0.3 is 9.47 Å². The number of fused-ring (bicyclic) bond motifs is 7. The van der Waals surface area contributed by atoms with Gasteiger partial charge >= 0.3 is 5.97 Å². The van der Waals surface area contributed by atoms with E-state index >= 15 is 0 Å². The Labute approximate surface area is 246 Å². The normalized spacial score (nSPS) is 39.7. The zero-order valence-electron chi connectivity index (χ0n) is 26.0. The minimum Gasteiger partial charge on any atom is -0.485 e. The van der Waals surface area contributed by atoms with Gasteiger partial charge in [0.2, 0.25) is 5.78 Å². The molecule has 0 N–H and O–H groups in total. The smallest absolute Gasteiger partial charge is 0.311 e. The number of hydrogen-bond acceptors (Lipinski definition) is 4. The van der Waals surface area contributed by atoms with Crippen molar-refractivity contribution < 1.29 is 19.1 Å². The number of allylic oxidation sites excluding steroid dienone is 7. The van der Waals surface area contributed by atoms with Gasteiger partial charge in [-0.3, -0.25) is 9.59 Å². The first-order chi connectivity index (χ1) is 19.3. The van der Waals surface area contributed by atoms with Gasteiger partial charge in [-0.15, -0.1) is 0 Å². The summed E-state index contributed by atoms with van der Waals surface area (Å²) in [6, 6.07) is 10.0. The van der Waals surface area contributed by atoms with E-state index < -0.39 is 5.41 Å². The summed E-state index contributed by atoms with van der Waals surface area (Å²) < 4.78 is 11.5. The minimum atomic E-state index is -0.425. The molecule has 0 bridgehead atoms. The average molecular weight is 555 g/mol. The van der Waals surface area contributed by atoms with Crippen molar-refractivity contribution in [3.8, 4) is 0 Å². The number of methoxy groups -OCH3 is 1. The molecule has 5 aliphatic rings. The van der Waals surface area contributed by atoms with Crippen LogP contribution in [0.5, 0.6) is 0 Å². The summed E-state index contributed by atoms with van der Waals surface area (Å²) in [6.07, 6.45) is 13.8. The van der Waals surface area contributed by atoms with E-state index in [9.17, 15) is 9.59 Å². The SMILES string of the molecule is COC(=O)[C@]1(C)CC[C@]2(C)CC[C@]3(C)C4=CC=C5C(=CC(=O)C(OCc6ccccc6)=C5C)[C@]4(C)CC[C@@]3(C)[C@@H]2C1. The molecule has 3 fully saturated rings. The highest BCUT2D eigenvalue weighted by Crippen LogP contribution is 2.75. The standard InChI is InChI=1S/C37H46O4/c1-24-26-13-14-29-35(4,27(26)21-28(38)31(24)41-23-25-11-9-8-10-12-25)18-20-37(6)30-22-34(3,32(39)40-7)16-15-33(30,2)17-19-36(29,37)5/h8-14,21,30H,15-20,22-23H2,1-7H3/t30-,33-,34-,35+,36-,37+/m1/s1. The third kappa shape index (κ3) is 3.92. The molecule has 0 amide bonds. The van der Waals surface area contributed by atoms with E-state index in [1.165, 1.54) is 19.1 Å². The largest absolute Gasteiger partial charge is 0.485 e. The van der Waals surface area contributed by atoms with E-state index in [-0.39, 0.29) is 33.4 Å². The third-order valence-electron chi connectivity index (χ3n) is 12.8. The zero-order chi connectivity index (χ0) is 29.4. The lowest BCUT2D eigenvalue weighted by atomic mass is 9.34. The average Bonchev–Trinajstić information content (AvgIpc) is 2.96. The van der Waals surface area contributed by atoms with E-state index in [2.05, 4.69) is 46.8 Å². The molecule has 0 spiro atoms. The van der Waals surface area contributed by atoms with Crippen LogP contribution < -0.4 is 0 Å². The van der Waals surface area contributed by atoms with E-state index in [4.69, 9.17) is 9.47 Å². The Morgan fingerprint density at radius 1 is 0.927 bits per heavy atom. The highest BCUT2D eigenvalue weighted by molar-refractivity contribution is 6.07. The predicted molar refractivity (Wildman–Crippen MR) is 162 cm³/mol. The lowest BCUT2D eigenvalue weighted by Crippen LogP contribution is -2.62. The number of ether oxygens (including phenoxy) is 2. The molecule has 0 unspecified atom stereocenters. The Hall–Kier alpha value is -2.88. The van der Waals surface area contributed by atoms with Gasteiger partial charge in [0.1, 0.15) is 6.61 Å². The van der Waals surface area contributed by atoms with Crippen molar-refractivity contribution in [1.82, 2.24) is 0 Å². The molecule has 5 aliphatic carbocycles. The Morgan fingerprint density at radius 2 is 1.63 bits per heavy atom. The summed E-state index contributed by atoms with van der Waals surface area (Å²) in [7, 11) is 1.53. The second-order valence-electron chi connectivity index (χ2n) is 14.9. The number of esters is 1. The van der Waals surface area contributed by atoms with Crippen LogP contribution in [0.2, 0.25) is 0 Å². The molecule has 0 saturated heterocycles. The lowest BCUT2D eigenvalue weighted by Gasteiger charge is -2.70. The Bertz CT molecular complexity index is 1430. The highest BCUT2D eigenvalue weighted by atomic mass is 16.5. The molecule has 1 aromatic carbocycles. The molecule has 3 saturated carbocycles. The van der Waals surface area contributed by atoms with Crippen molar-refractivity contribution in [2.75, 3.05) is 7.11 Å². The summed E-state index contributed by atoms with van der Waals surface area (Å²) in [6.45, 7) is 14.4. The molecule has 218 valence electrons. The van der Waals surface area contributed by atoms with Crippen LogP contribution in [0.25, 0.3) is 0 Å². The molecule has 0 heterocycles. The molecule has 0 radical (unpaired) electrons. The zero-order valence-corrected chi connectivity index (χ0v) is 26.0. The Balaban J connectivity index is 1.38. The van der Waals surface area contributed by atoms with Gasteiger partial charge in [0, 0.05) is 11.0 Å². The molecule has 1 aromatic rings. The summed E-state index contributed by atoms with van der Waals surface area (Å²) in [5.74, 6) is 0.820. The fourth-order valence-corrected chi connectivity index (χ4v) is 9.79. The van der Waals surface area contributed by atoms with Crippen LogP contribution in [-0.4, -0.2) is 18.9 Å². The molecular formula is C37H46O4. The fourth-order valence-electron chi connectivity index (χ4n) is 9.79. The number of carbonyl (C=O) groups excluding carboxylic acids is 2. The van der Waals surface area contributed by atoms with Crippen molar-refractivity contribution in [3.63, 3.8) is 0 Å². The molecule has 0 aliphatic heterocycles. The van der Waals surface area contributed by atoms with E-state index in [1.807, 2.05) is 43.3 Å². The molecule has 6 rings (SSSR count). The summed E-state index contributed by atoms with van der Waals surface area (Å²) >= 11 is 0. The number of rotatable bonds is 4. The number of ketones is 1. The second-order valence-corrected chi connectivity index (χ2v) is 14.9. The van der Waals surface area contributed by atoms with Crippen LogP contribution >= 0.6 is 0 Å². The van der Waals surface area contributed by atoms with Gasteiger partial charge in [-0.05, 0) is 104 Å². The maximum Gasteiger partial charge on any atom is 0.311 e. The van der Waals surface area contributed by atoms with E-state index in [0.717, 1.165) is 60.8 Å². The number of hydrogen-bond donors (Lipinski definition) is 0. The first kappa shape index (κ1) is 28.2. The molecule has 41 heavy (non-hydrogen) atoms. The Morgan fingerprint density at radius 3 is 2.34 bits per heavy atom. The molecule has 6 atom stereocenters. The number of carbonyl (C=O) groups is 2. The van der Waals surface area contributed by atoms with Gasteiger partial charge in [0.25, 0.3) is 0 Å². The molecule has 4 heteroatoms. The van der Waals surface area contributed by atoms with Crippen molar-refractivity contribution in [2.24, 2.45) is 33.0 Å². The van der Waals surface area contributed by atoms with Crippen molar-refractivity contribution >= 4 is 11.8 Å². The molecule has 4 nitrogen and oxygen atoms in total. The first-order valence-electron chi connectivity index (χ1n) is 15.5. The van der Waals surface area contributed by atoms with Crippen LogP contribution in [0.15, 0.2) is 76.6 Å². The van der Waals surface area contributed by atoms with Crippen LogP contribution in [-0.2, 0) is 25.7 Å². The quantitative estimate of drug-likeness (QED) is 0.351. The third-order valence-corrected chi connectivity index (χ3v) is 12.8. The predicted octanol–water partition coefficient (Wildman–Crippen LogP) is 8.44. The molecule has 0 aromatic heterocycles. The van der Waals surface area contributed by atoms with Gasteiger partial charge in [-0.1, -0.05) is 75.8 Å².